The number of carboxylic acids is 1. The fourth-order valence-electron chi connectivity index (χ4n) is 5.20. The Morgan fingerprint density at radius 2 is 1.33 bits per heavy atom. The molecule has 2 atom stereocenters. The maximum Gasteiger partial charge on any atom is 0.335 e. The third-order valence-electron chi connectivity index (χ3n) is 7.36. The molecule has 0 saturated heterocycles. The summed E-state index contributed by atoms with van der Waals surface area (Å²) in [5.41, 5.74) is 2.13. The van der Waals surface area contributed by atoms with Crippen LogP contribution in [0.1, 0.15) is 57.5 Å². The quantitative estimate of drug-likeness (QED) is 0.212. The van der Waals surface area contributed by atoms with Crippen molar-refractivity contribution < 1.29 is 29.0 Å². The van der Waals surface area contributed by atoms with Crippen LogP contribution in [0.3, 0.4) is 0 Å². The van der Waals surface area contributed by atoms with Crippen molar-refractivity contribution in [1.29, 1.82) is 0 Å². The number of ketones is 1. The smallest absolute Gasteiger partial charge is 0.335 e. The minimum Gasteiger partial charge on any atom is -0.488 e. The van der Waals surface area contributed by atoms with Crippen molar-refractivity contribution in [3.05, 3.63) is 125 Å². The first-order valence-electron chi connectivity index (χ1n) is 14.2. The van der Waals surface area contributed by atoms with E-state index in [-0.39, 0.29) is 42.2 Å². The Hall–Kier alpha value is -4.91. The van der Waals surface area contributed by atoms with Gasteiger partial charge in [0.1, 0.15) is 29.1 Å². The fourth-order valence-corrected chi connectivity index (χ4v) is 5.20. The van der Waals surface area contributed by atoms with Crippen molar-refractivity contribution in [2.45, 2.75) is 50.7 Å². The molecule has 2 N–H and O–H groups in total. The first-order valence-corrected chi connectivity index (χ1v) is 14.2. The second-order valence-electron chi connectivity index (χ2n) is 10.5. The number of hydrogen-bond acceptors (Lipinski definition) is 5. The third-order valence-corrected chi connectivity index (χ3v) is 7.36. The zero-order chi connectivity index (χ0) is 29.3. The Morgan fingerprint density at radius 1 is 0.714 bits per heavy atom. The van der Waals surface area contributed by atoms with E-state index in [0.29, 0.717) is 28.4 Å². The van der Waals surface area contributed by atoms with Gasteiger partial charge in [0.25, 0.3) is 5.91 Å². The number of hydrogen-bond donors (Lipinski definition) is 2. The molecule has 1 saturated carbocycles. The van der Waals surface area contributed by atoms with Crippen LogP contribution in [-0.4, -0.2) is 34.9 Å². The molecule has 2 unspecified atom stereocenters. The van der Waals surface area contributed by atoms with Crippen molar-refractivity contribution >= 4 is 17.7 Å². The molecule has 4 aromatic rings. The zero-order valence-electron chi connectivity index (χ0n) is 23.2. The monoisotopic (exact) mass is 563 g/mol. The number of Topliss-reactive ketones (excluding diaryl/α,β-unsaturated/α-hetero) is 1. The highest BCUT2D eigenvalue weighted by Crippen LogP contribution is 2.28. The van der Waals surface area contributed by atoms with Crippen LogP contribution in [-0.2, 0) is 17.6 Å². The summed E-state index contributed by atoms with van der Waals surface area (Å²) in [6.45, 7) is 0. The van der Waals surface area contributed by atoms with Crippen LogP contribution in [0.4, 0.5) is 0 Å². The number of rotatable bonds is 11. The van der Waals surface area contributed by atoms with Gasteiger partial charge in [-0.2, -0.15) is 0 Å². The Labute approximate surface area is 245 Å². The fraction of sp³-hybridized carbons (Fsp3) is 0.229. The first kappa shape index (κ1) is 28.6. The molecule has 1 fully saturated rings. The lowest BCUT2D eigenvalue weighted by Gasteiger charge is -2.32. The zero-order valence-corrected chi connectivity index (χ0v) is 23.2. The van der Waals surface area contributed by atoms with E-state index in [1.54, 1.807) is 30.3 Å². The molecule has 1 aliphatic carbocycles. The standard InChI is InChI=1S/C35H33NO6/c37-27(23-26-10-4-5-11-31(26)35(39)40)22-24-14-16-28(17-15-24)41-29-18-20-30(21-19-29)42-33-13-7-6-12-32(33)36-34(38)25-8-2-1-3-9-25/h1-5,8-11,14-21,32-33H,6-7,12-13,22-23H2,(H,36,38)(H,39,40). The summed E-state index contributed by atoms with van der Waals surface area (Å²) in [5.74, 6) is 0.809. The molecule has 5 rings (SSSR count). The summed E-state index contributed by atoms with van der Waals surface area (Å²) in [4.78, 5) is 36.7. The first-order chi connectivity index (χ1) is 20.4. The molecule has 0 spiro atoms. The highest BCUT2D eigenvalue weighted by molar-refractivity contribution is 5.94. The SMILES string of the molecule is O=C(Cc1ccc(Oc2ccc(OC3CCCCC3NC(=O)c3ccccc3)cc2)cc1)Cc1ccccc1C(=O)O. The highest BCUT2D eigenvalue weighted by Gasteiger charge is 2.28. The van der Waals surface area contributed by atoms with Crippen molar-refractivity contribution in [3.8, 4) is 17.2 Å². The summed E-state index contributed by atoms with van der Waals surface area (Å²) in [7, 11) is 0. The van der Waals surface area contributed by atoms with E-state index < -0.39 is 5.97 Å². The number of carbonyl (C=O) groups excluding carboxylic acids is 2. The molecule has 0 aliphatic heterocycles. The van der Waals surface area contributed by atoms with Gasteiger partial charge in [0, 0.05) is 18.4 Å². The molecular formula is C35H33NO6. The Bertz CT molecular complexity index is 1520. The van der Waals surface area contributed by atoms with E-state index in [9.17, 15) is 19.5 Å². The molecule has 0 aromatic heterocycles. The average molecular weight is 564 g/mol. The summed E-state index contributed by atoms with van der Waals surface area (Å²) < 4.78 is 12.3. The number of aromatic carboxylic acids is 1. The van der Waals surface area contributed by atoms with Gasteiger partial charge in [-0.1, -0.05) is 55.0 Å². The van der Waals surface area contributed by atoms with Crippen molar-refractivity contribution in [1.82, 2.24) is 5.32 Å². The van der Waals surface area contributed by atoms with Crippen molar-refractivity contribution in [2.75, 3.05) is 0 Å². The Kier molecular flexibility index (Phi) is 9.29. The maximum atomic E-state index is 12.7. The highest BCUT2D eigenvalue weighted by atomic mass is 16.5. The number of carboxylic acid groups (broad SMARTS) is 1. The van der Waals surface area contributed by atoms with E-state index in [1.807, 2.05) is 66.7 Å². The largest absolute Gasteiger partial charge is 0.488 e. The molecule has 4 aromatic carbocycles. The van der Waals surface area contributed by atoms with E-state index >= 15 is 0 Å². The molecular weight excluding hydrogens is 530 g/mol. The molecule has 0 radical (unpaired) electrons. The third kappa shape index (κ3) is 7.63. The van der Waals surface area contributed by atoms with Gasteiger partial charge in [0.15, 0.2) is 0 Å². The summed E-state index contributed by atoms with van der Waals surface area (Å²) in [6, 6.07) is 30.4. The van der Waals surface area contributed by atoms with Crippen LogP contribution in [0.15, 0.2) is 103 Å². The predicted octanol–water partition coefficient (Wildman–Crippen LogP) is 6.65. The minimum atomic E-state index is -1.04. The normalized spacial score (nSPS) is 16.3. The van der Waals surface area contributed by atoms with Gasteiger partial charge in [-0.25, -0.2) is 4.79 Å². The van der Waals surface area contributed by atoms with Crippen LogP contribution in [0, 0.1) is 0 Å². The average Bonchev–Trinajstić information content (AvgIpc) is 3.00. The summed E-state index contributed by atoms with van der Waals surface area (Å²) in [6.07, 6.45) is 4.02. The molecule has 1 aliphatic rings. The summed E-state index contributed by atoms with van der Waals surface area (Å²) in [5, 5.41) is 12.5. The van der Waals surface area contributed by atoms with Gasteiger partial charge in [-0.05, 0) is 85.0 Å². The number of carbonyl (C=O) groups is 3. The van der Waals surface area contributed by atoms with Crippen LogP contribution in [0.2, 0.25) is 0 Å². The van der Waals surface area contributed by atoms with E-state index in [0.717, 1.165) is 31.2 Å². The van der Waals surface area contributed by atoms with Gasteiger partial charge in [0.05, 0.1) is 11.6 Å². The van der Waals surface area contributed by atoms with Gasteiger partial charge < -0.3 is 19.9 Å². The topological polar surface area (TPSA) is 102 Å². The predicted molar refractivity (Wildman–Crippen MR) is 159 cm³/mol. The molecule has 42 heavy (non-hydrogen) atoms. The summed E-state index contributed by atoms with van der Waals surface area (Å²) >= 11 is 0. The second kappa shape index (κ2) is 13.6. The second-order valence-corrected chi connectivity index (χ2v) is 10.5. The molecule has 1 amide bonds. The van der Waals surface area contributed by atoms with E-state index in [2.05, 4.69) is 5.32 Å². The molecule has 0 bridgehead atoms. The number of ether oxygens (including phenoxy) is 2. The van der Waals surface area contributed by atoms with Crippen LogP contribution in [0.5, 0.6) is 17.2 Å². The number of nitrogens with one attached hydrogen (secondary N) is 1. The van der Waals surface area contributed by atoms with Crippen molar-refractivity contribution in [3.63, 3.8) is 0 Å². The van der Waals surface area contributed by atoms with Crippen molar-refractivity contribution in [2.24, 2.45) is 0 Å². The van der Waals surface area contributed by atoms with Crippen LogP contribution < -0.4 is 14.8 Å². The minimum absolute atomic E-state index is 0.0558. The number of amides is 1. The van der Waals surface area contributed by atoms with Gasteiger partial charge in [-0.15, -0.1) is 0 Å². The van der Waals surface area contributed by atoms with E-state index in [1.165, 1.54) is 6.07 Å². The Morgan fingerprint density at radius 3 is 2.05 bits per heavy atom. The molecule has 7 nitrogen and oxygen atoms in total. The van der Waals surface area contributed by atoms with Crippen LogP contribution >= 0.6 is 0 Å². The van der Waals surface area contributed by atoms with Gasteiger partial charge in [-0.3, -0.25) is 9.59 Å². The van der Waals surface area contributed by atoms with Gasteiger partial charge in [0.2, 0.25) is 0 Å². The molecule has 7 heteroatoms. The van der Waals surface area contributed by atoms with E-state index in [4.69, 9.17) is 9.47 Å². The maximum absolute atomic E-state index is 12.7. The number of benzene rings is 4. The molecule has 0 heterocycles. The molecule has 214 valence electrons. The van der Waals surface area contributed by atoms with Crippen LogP contribution in [0.25, 0.3) is 0 Å². The lowest BCUT2D eigenvalue weighted by molar-refractivity contribution is -0.117. The van der Waals surface area contributed by atoms with Gasteiger partial charge >= 0.3 is 5.97 Å². The lowest BCUT2D eigenvalue weighted by atomic mass is 9.92. The Balaban J connectivity index is 1.13. The lowest BCUT2D eigenvalue weighted by Crippen LogP contribution is -2.47.